The van der Waals surface area contributed by atoms with Gasteiger partial charge < -0.3 is 9.80 Å². The number of fused-ring (bicyclic) bond motifs is 6. The molecule has 3 aliphatic rings. The van der Waals surface area contributed by atoms with Crippen molar-refractivity contribution in [3.05, 3.63) is 142 Å². The fourth-order valence-electron chi connectivity index (χ4n) is 9.59. The molecular weight excluding hydrogens is 578 g/mol. The zero-order valence-electron chi connectivity index (χ0n) is 29.3. The molecule has 4 heteroatoms. The lowest BCUT2D eigenvalue weighted by Gasteiger charge is -2.49. The Bertz CT molecular complexity index is 2160. The van der Waals surface area contributed by atoms with Crippen LogP contribution in [0.15, 0.2) is 97.1 Å². The van der Waals surface area contributed by atoms with Gasteiger partial charge in [-0.25, -0.2) is 0 Å². The molecule has 0 unspecified atom stereocenters. The van der Waals surface area contributed by atoms with Crippen LogP contribution < -0.4 is 42.6 Å². The highest BCUT2D eigenvalue weighted by molar-refractivity contribution is 6.99. The number of aryl methyl sites for hydroxylation is 8. The molecule has 0 fully saturated rings. The maximum absolute atomic E-state index is 2.60. The quantitative estimate of drug-likeness (QED) is 0.192. The molecule has 232 valence electrons. The van der Waals surface area contributed by atoms with E-state index in [1.165, 1.54) is 111 Å². The van der Waals surface area contributed by atoms with Crippen LogP contribution in [0.5, 0.6) is 0 Å². The second-order valence-corrected chi connectivity index (χ2v) is 14.7. The first-order chi connectivity index (χ1) is 23.1. The van der Waals surface area contributed by atoms with E-state index in [4.69, 9.17) is 0 Å². The van der Waals surface area contributed by atoms with Crippen LogP contribution in [0.1, 0.15) is 44.5 Å². The summed E-state index contributed by atoms with van der Waals surface area (Å²) in [6.07, 6.45) is 0. The van der Waals surface area contributed by atoms with Crippen molar-refractivity contribution in [2.45, 2.75) is 55.4 Å². The van der Waals surface area contributed by atoms with Gasteiger partial charge in [0.15, 0.2) is 0 Å². The third-order valence-electron chi connectivity index (χ3n) is 11.2. The molecule has 0 aromatic heterocycles. The summed E-state index contributed by atoms with van der Waals surface area (Å²) in [6, 6.07) is 37.7. The maximum atomic E-state index is 2.60. The minimum absolute atomic E-state index is 0.143. The Morgan fingerprint density at radius 3 is 1.10 bits per heavy atom. The van der Waals surface area contributed by atoms with E-state index in [9.17, 15) is 0 Å². The first-order valence-corrected chi connectivity index (χ1v) is 17.3. The minimum Gasteiger partial charge on any atom is -0.307 e. The van der Waals surface area contributed by atoms with Crippen LogP contribution in [0.4, 0.5) is 34.1 Å². The summed E-state index contributed by atoms with van der Waals surface area (Å²) in [5, 5.41) is 0. The van der Waals surface area contributed by atoms with E-state index in [0.717, 1.165) is 0 Å². The molecule has 3 heterocycles. The van der Waals surface area contributed by atoms with Crippen molar-refractivity contribution >= 4 is 80.3 Å². The fraction of sp³-hybridized carbons (Fsp3) is 0.182. The Labute approximate surface area is 286 Å². The number of para-hydroxylation sites is 2. The second-order valence-electron chi connectivity index (χ2n) is 14.7. The van der Waals surface area contributed by atoms with Gasteiger partial charge in [-0.2, -0.15) is 0 Å². The Morgan fingerprint density at radius 2 is 0.729 bits per heavy atom. The van der Waals surface area contributed by atoms with Crippen molar-refractivity contribution in [2.24, 2.45) is 0 Å². The van der Waals surface area contributed by atoms with Gasteiger partial charge in [-0.1, -0.05) is 117 Å². The van der Waals surface area contributed by atoms with Gasteiger partial charge >= 0.3 is 0 Å². The average Bonchev–Trinajstić information content (AvgIpc) is 3.03. The average molecular weight is 618 g/mol. The largest absolute Gasteiger partial charge is 0.307 e. The van der Waals surface area contributed by atoms with Crippen LogP contribution in [0.3, 0.4) is 0 Å². The zero-order chi connectivity index (χ0) is 33.2. The molecule has 0 spiro atoms. The van der Waals surface area contributed by atoms with Crippen molar-refractivity contribution in [2.75, 3.05) is 9.80 Å². The molecule has 0 N–H and O–H groups in total. The fourth-order valence-corrected chi connectivity index (χ4v) is 9.59. The first-order valence-electron chi connectivity index (χ1n) is 17.3. The van der Waals surface area contributed by atoms with Crippen LogP contribution in [-0.4, -0.2) is 13.4 Å². The molecule has 0 atom stereocenters. The smallest absolute Gasteiger partial charge is 0.247 e. The molecule has 6 aromatic carbocycles. The molecule has 0 saturated heterocycles. The summed E-state index contributed by atoms with van der Waals surface area (Å²) in [6.45, 7) is 18.4. The van der Waals surface area contributed by atoms with Crippen molar-refractivity contribution in [1.82, 2.24) is 0 Å². The summed E-state index contributed by atoms with van der Waals surface area (Å²) in [4.78, 5) is 5.20. The molecule has 2 nitrogen and oxygen atoms in total. The molecule has 6 aromatic rings. The highest BCUT2D eigenvalue weighted by Gasteiger charge is 2.46. The Balaban J connectivity index is 1.40. The van der Waals surface area contributed by atoms with Gasteiger partial charge in [0.1, 0.15) is 0 Å². The van der Waals surface area contributed by atoms with Crippen molar-refractivity contribution in [3.63, 3.8) is 0 Å². The molecule has 0 amide bonds. The topological polar surface area (TPSA) is 6.48 Å². The van der Waals surface area contributed by atoms with E-state index in [1.54, 1.807) is 0 Å². The molecule has 0 bridgehead atoms. The monoisotopic (exact) mass is 618 g/mol. The molecule has 0 aliphatic carbocycles. The summed E-state index contributed by atoms with van der Waals surface area (Å²) < 4.78 is 0. The van der Waals surface area contributed by atoms with Crippen LogP contribution in [-0.2, 0) is 0 Å². The molecule has 0 radical (unpaired) electrons. The van der Waals surface area contributed by atoms with E-state index in [-0.39, 0.29) is 13.4 Å². The van der Waals surface area contributed by atoms with Gasteiger partial charge in [0, 0.05) is 11.4 Å². The third kappa shape index (κ3) is 3.95. The van der Waals surface area contributed by atoms with Gasteiger partial charge in [-0.3, -0.25) is 0 Å². The normalized spacial score (nSPS) is 13.7. The van der Waals surface area contributed by atoms with Crippen LogP contribution in [0.25, 0.3) is 0 Å². The van der Waals surface area contributed by atoms with Gasteiger partial charge in [0.2, 0.25) is 13.4 Å². The van der Waals surface area contributed by atoms with E-state index < -0.39 is 0 Å². The number of rotatable bonds is 2. The zero-order valence-corrected chi connectivity index (χ0v) is 29.3. The molecule has 9 rings (SSSR count). The second kappa shape index (κ2) is 10.3. The highest BCUT2D eigenvalue weighted by atomic mass is 15.3. The SMILES string of the molecule is Cc1cc(C)c(B2c3ccc(C)cc3N3c4cccc5c4N(c4cc(C)ccc4B5c4c(C)cc(C)cc4C)c4cccc2c43)c(C)c1. The molecular formula is C44H40B2N2. The lowest BCUT2D eigenvalue weighted by Crippen LogP contribution is -2.61. The number of benzene rings is 6. The van der Waals surface area contributed by atoms with Crippen LogP contribution in [0, 0.1) is 55.4 Å². The summed E-state index contributed by atoms with van der Waals surface area (Å²) in [5.41, 5.74) is 26.7. The van der Waals surface area contributed by atoms with E-state index in [0.29, 0.717) is 0 Å². The first kappa shape index (κ1) is 29.2. The molecule has 0 saturated carbocycles. The van der Waals surface area contributed by atoms with Crippen molar-refractivity contribution in [1.29, 1.82) is 0 Å². The molecule has 3 aliphatic heterocycles. The maximum Gasteiger partial charge on any atom is 0.247 e. The number of hydrogen-bond donors (Lipinski definition) is 0. The minimum atomic E-state index is 0.143. The van der Waals surface area contributed by atoms with E-state index in [2.05, 4.69) is 162 Å². The number of nitrogens with zero attached hydrogens (tertiary/aromatic N) is 2. The van der Waals surface area contributed by atoms with Crippen molar-refractivity contribution < 1.29 is 0 Å². The lowest BCUT2D eigenvalue weighted by molar-refractivity contribution is 1.17. The summed E-state index contributed by atoms with van der Waals surface area (Å²) in [5.74, 6) is 0. The predicted octanol–water partition coefficient (Wildman–Crippen LogP) is 7.07. The number of anilines is 6. The van der Waals surface area contributed by atoms with Crippen LogP contribution in [0.2, 0.25) is 0 Å². The van der Waals surface area contributed by atoms with E-state index in [1.807, 2.05) is 0 Å². The predicted molar refractivity (Wildman–Crippen MR) is 209 cm³/mol. The van der Waals surface area contributed by atoms with Crippen molar-refractivity contribution in [3.8, 4) is 0 Å². The van der Waals surface area contributed by atoms with Gasteiger partial charge in [0.25, 0.3) is 0 Å². The molecule has 48 heavy (non-hydrogen) atoms. The van der Waals surface area contributed by atoms with Crippen LogP contribution >= 0.6 is 0 Å². The Morgan fingerprint density at radius 1 is 0.354 bits per heavy atom. The van der Waals surface area contributed by atoms with Gasteiger partial charge in [0.05, 0.1) is 22.7 Å². The Hall–Kier alpha value is -4.95. The van der Waals surface area contributed by atoms with E-state index >= 15 is 0 Å². The summed E-state index contributed by atoms with van der Waals surface area (Å²) in [7, 11) is 0. The highest BCUT2D eigenvalue weighted by Crippen LogP contribution is 2.54. The number of hydrogen-bond acceptors (Lipinski definition) is 2. The lowest BCUT2D eigenvalue weighted by atomic mass is 9.33. The third-order valence-corrected chi connectivity index (χ3v) is 11.2. The van der Waals surface area contributed by atoms with Gasteiger partial charge in [-0.15, -0.1) is 0 Å². The summed E-state index contributed by atoms with van der Waals surface area (Å²) >= 11 is 0. The Kier molecular flexibility index (Phi) is 6.25. The standard InChI is InChI=1S/C44H40B2N2/c1-25-15-17-33-39(23-25)47-37-13-9-12-36-44(37)48(38-14-10-11-35(43(38)47)45(33)41-29(5)19-27(3)20-30(41)6)40-24-26(2)16-18-34(40)46(36)42-31(7)21-28(4)22-32(42)8/h9-24H,1-8H3. The van der Waals surface area contributed by atoms with Gasteiger partial charge in [-0.05, 0) is 113 Å².